The molecule has 0 bridgehead atoms. The molecule has 0 radical (unpaired) electrons. The van der Waals surface area contributed by atoms with Crippen LogP contribution >= 0.6 is 0 Å². The van der Waals surface area contributed by atoms with Crippen LogP contribution in [0, 0.1) is 0 Å². The van der Waals surface area contributed by atoms with Crippen molar-refractivity contribution in [1.29, 1.82) is 0 Å². The Bertz CT molecular complexity index is 1290. The zero-order valence-corrected chi connectivity index (χ0v) is 20.0. The minimum Gasteiger partial charge on any atom is -0.486 e. The molecule has 2 aliphatic heterocycles. The number of nitrogens with zero attached hydrogens (tertiary/aromatic N) is 2. The third-order valence-corrected chi connectivity index (χ3v) is 8.05. The molecule has 1 saturated heterocycles. The van der Waals surface area contributed by atoms with Crippen LogP contribution in [0.1, 0.15) is 10.4 Å². The highest BCUT2D eigenvalue weighted by molar-refractivity contribution is 7.89. The van der Waals surface area contributed by atoms with E-state index in [0.29, 0.717) is 44.3 Å². The highest BCUT2D eigenvalue weighted by atomic mass is 32.2. The lowest BCUT2D eigenvalue weighted by Crippen LogP contribution is -2.48. The molecule has 0 aliphatic carbocycles. The van der Waals surface area contributed by atoms with E-state index in [0.717, 1.165) is 5.69 Å². The Morgan fingerprint density at radius 3 is 2.37 bits per heavy atom. The van der Waals surface area contributed by atoms with E-state index in [-0.39, 0.29) is 29.0 Å². The summed E-state index contributed by atoms with van der Waals surface area (Å²) in [4.78, 5) is 15.1. The summed E-state index contributed by atoms with van der Waals surface area (Å²) in [6, 6.07) is 23.5. The van der Waals surface area contributed by atoms with Gasteiger partial charge < -0.3 is 19.7 Å². The monoisotopic (exact) mass is 493 g/mol. The second-order valence-electron chi connectivity index (χ2n) is 8.46. The Balaban J connectivity index is 1.20. The van der Waals surface area contributed by atoms with Crippen molar-refractivity contribution < 1.29 is 22.7 Å². The van der Waals surface area contributed by atoms with Gasteiger partial charge in [-0.15, -0.1) is 0 Å². The highest BCUT2D eigenvalue weighted by Crippen LogP contribution is 2.30. The van der Waals surface area contributed by atoms with Gasteiger partial charge in [-0.25, -0.2) is 8.42 Å². The van der Waals surface area contributed by atoms with Crippen molar-refractivity contribution in [1.82, 2.24) is 9.62 Å². The average molecular weight is 494 g/mol. The summed E-state index contributed by atoms with van der Waals surface area (Å²) in [5.74, 6) is 0.953. The van der Waals surface area contributed by atoms with E-state index < -0.39 is 10.0 Å². The van der Waals surface area contributed by atoms with Crippen LogP contribution in [0.2, 0.25) is 0 Å². The molecule has 0 saturated carbocycles. The molecule has 0 aromatic heterocycles. The lowest BCUT2D eigenvalue weighted by atomic mass is 10.2. The summed E-state index contributed by atoms with van der Waals surface area (Å²) in [6.45, 7) is 2.54. The fraction of sp³-hybridized carbons (Fsp3) is 0.269. The third-order valence-electron chi connectivity index (χ3n) is 6.15. The number of anilines is 1. The van der Waals surface area contributed by atoms with Crippen LogP contribution in [-0.2, 0) is 10.0 Å². The van der Waals surface area contributed by atoms with E-state index >= 15 is 0 Å². The maximum absolute atomic E-state index is 13.3. The number of carbonyl (C=O) groups is 1. The molecule has 2 heterocycles. The van der Waals surface area contributed by atoms with Crippen molar-refractivity contribution in [2.24, 2.45) is 0 Å². The van der Waals surface area contributed by atoms with Gasteiger partial charge in [0, 0.05) is 37.4 Å². The van der Waals surface area contributed by atoms with Crippen LogP contribution in [0.15, 0.2) is 83.8 Å². The van der Waals surface area contributed by atoms with Crippen LogP contribution < -0.4 is 19.7 Å². The summed E-state index contributed by atoms with van der Waals surface area (Å²) >= 11 is 0. The quantitative estimate of drug-likeness (QED) is 0.568. The van der Waals surface area contributed by atoms with Gasteiger partial charge in [0.2, 0.25) is 10.0 Å². The lowest BCUT2D eigenvalue weighted by molar-refractivity contribution is 0.0789. The number of hydrogen-bond acceptors (Lipinski definition) is 6. The molecule has 3 aromatic rings. The van der Waals surface area contributed by atoms with E-state index in [1.165, 1.54) is 16.4 Å². The molecule has 3 aromatic carbocycles. The number of hydrogen-bond donors (Lipinski definition) is 1. The van der Waals surface area contributed by atoms with Crippen molar-refractivity contribution >= 4 is 21.6 Å². The normalized spacial score (nSPS) is 18.2. The Labute approximate surface area is 205 Å². The van der Waals surface area contributed by atoms with Gasteiger partial charge in [-0.2, -0.15) is 4.31 Å². The van der Waals surface area contributed by atoms with Gasteiger partial charge in [0.1, 0.15) is 12.7 Å². The van der Waals surface area contributed by atoms with E-state index in [1.54, 1.807) is 12.1 Å². The summed E-state index contributed by atoms with van der Waals surface area (Å²) in [7, 11) is -3.71. The minimum absolute atomic E-state index is 0.115. The predicted molar refractivity (Wildman–Crippen MR) is 133 cm³/mol. The summed E-state index contributed by atoms with van der Waals surface area (Å²) in [5, 5.41) is 2.82. The van der Waals surface area contributed by atoms with Gasteiger partial charge in [-0.1, -0.05) is 36.4 Å². The molecule has 2 aliphatic rings. The van der Waals surface area contributed by atoms with Crippen LogP contribution in [0.5, 0.6) is 11.5 Å². The molecular weight excluding hydrogens is 466 g/mol. The van der Waals surface area contributed by atoms with Crippen molar-refractivity contribution in [3.63, 3.8) is 0 Å². The average Bonchev–Trinajstić information content (AvgIpc) is 2.92. The van der Waals surface area contributed by atoms with Crippen LogP contribution in [0.4, 0.5) is 5.69 Å². The summed E-state index contributed by atoms with van der Waals surface area (Å²) in [5.41, 5.74) is 1.37. The Morgan fingerprint density at radius 1 is 0.886 bits per heavy atom. The zero-order valence-electron chi connectivity index (χ0n) is 19.2. The van der Waals surface area contributed by atoms with Gasteiger partial charge in [0.25, 0.3) is 5.91 Å². The molecule has 182 valence electrons. The van der Waals surface area contributed by atoms with E-state index in [2.05, 4.69) is 10.2 Å². The fourth-order valence-corrected chi connectivity index (χ4v) is 5.71. The second-order valence-corrected chi connectivity index (χ2v) is 10.4. The molecule has 1 fully saturated rings. The first kappa shape index (κ1) is 23.2. The van der Waals surface area contributed by atoms with Crippen LogP contribution in [0.25, 0.3) is 0 Å². The van der Waals surface area contributed by atoms with Gasteiger partial charge in [0.05, 0.1) is 11.4 Å². The van der Waals surface area contributed by atoms with Crippen molar-refractivity contribution in [3.05, 3.63) is 84.4 Å². The number of para-hydroxylation sites is 3. The second kappa shape index (κ2) is 9.97. The number of carbonyl (C=O) groups excluding carboxylic acids is 1. The first-order valence-corrected chi connectivity index (χ1v) is 13.0. The summed E-state index contributed by atoms with van der Waals surface area (Å²) < 4.78 is 39.6. The topological polar surface area (TPSA) is 88.2 Å². The number of nitrogens with one attached hydrogen (secondary N) is 1. The number of benzene rings is 3. The standard InChI is InChI=1S/C26H27N3O5S/c30-26(27-18-22-19-33-24-11-4-5-12-25(24)34-22)20-7-6-10-23(17-20)35(31,32)29-15-13-28(14-16-29)21-8-2-1-3-9-21/h1-12,17,22H,13-16,18-19H2,(H,27,30). The number of fused-ring (bicyclic) bond motifs is 1. The SMILES string of the molecule is O=C(NCC1COc2ccccc2O1)c1cccc(S(=O)(=O)N2CCN(c3ccccc3)CC2)c1. The molecule has 35 heavy (non-hydrogen) atoms. The zero-order chi connectivity index (χ0) is 24.3. The van der Waals surface area contributed by atoms with E-state index in [1.807, 2.05) is 54.6 Å². The molecule has 1 N–H and O–H groups in total. The predicted octanol–water partition coefficient (Wildman–Crippen LogP) is 2.77. The fourth-order valence-electron chi connectivity index (χ4n) is 4.24. The molecule has 5 rings (SSSR count). The molecule has 0 spiro atoms. The highest BCUT2D eigenvalue weighted by Gasteiger charge is 2.29. The number of rotatable bonds is 6. The maximum Gasteiger partial charge on any atom is 0.251 e. The maximum atomic E-state index is 13.3. The Kier molecular flexibility index (Phi) is 6.61. The van der Waals surface area contributed by atoms with Gasteiger partial charge >= 0.3 is 0 Å². The number of amides is 1. The Morgan fingerprint density at radius 2 is 1.60 bits per heavy atom. The lowest BCUT2D eigenvalue weighted by Gasteiger charge is -2.35. The van der Waals surface area contributed by atoms with Crippen LogP contribution in [-0.4, -0.2) is 64.1 Å². The Hall–Kier alpha value is -3.56. The minimum atomic E-state index is -3.71. The number of sulfonamides is 1. The van der Waals surface area contributed by atoms with Gasteiger partial charge in [-0.05, 0) is 42.5 Å². The van der Waals surface area contributed by atoms with E-state index in [9.17, 15) is 13.2 Å². The van der Waals surface area contributed by atoms with Gasteiger partial charge in [-0.3, -0.25) is 4.79 Å². The number of piperazine rings is 1. The van der Waals surface area contributed by atoms with Crippen molar-refractivity contribution in [2.75, 3.05) is 44.2 Å². The smallest absolute Gasteiger partial charge is 0.251 e. The first-order valence-electron chi connectivity index (χ1n) is 11.6. The largest absolute Gasteiger partial charge is 0.486 e. The number of ether oxygens (including phenoxy) is 2. The molecule has 8 nitrogen and oxygen atoms in total. The first-order chi connectivity index (χ1) is 17.0. The third kappa shape index (κ3) is 5.11. The molecule has 1 amide bonds. The van der Waals surface area contributed by atoms with E-state index in [4.69, 9.17) is 9.47 Å². The van der Waals surface area contributed by atoms with Crippen molar-refractivity contribution in [2.45, 2.75) is 11.0 Å². The van der Waals surface area contributed by atoms with Crippen molar-refractivity contribution in [3.8, 4) is 11.5 Å². The summed E-state index contributed by atoms with van der Waals surface area (Å²) in [6.07, 6.45) is -0.332. The van der Waals surface area contributed by atoms with Gasteiger partial charge in [0.15, 0.2) is 11.5 Å². The molecule has 9 heteroatoms. The molecule has 1 unspecified atom stereocenters. The van der Waals surface area contributed by atoms with Crippen LogP contribution in [0.3, 0.4) is 0 Å². The molecule has 1 atom stereocenters. The molecular formula is C26H27N3O5S.